The van der Waals surface area contributed by atoms with Crippen LogP contribution >= 0.6 is 0 Å². The largest absolute Gasteiger partial charge is 0.497 e. The minimum absolute atomic E-state index is 0.0538. The van der Waals surface area contributed by atoms with E-state index in [1.165, 1.54) is 25.3 Å². The van der Waals surface area contributed by atoms with E-state index in [2.05, 4.69) is 0 Å². The molecule has 0 spiro atoms. The van der Waals surface area contributed by atoms with Crippen molar-refractivity contribution in [3.63, 3.8) is 0 Å². The van der Waals surface area contributed by atoms with Gasteiger partial charge in [-0.3, -0.25) is 0 Å². The number of carboxylic acids is 1. The van der Waals surface area contributed by atoms with Crippen molar-refractivity contribution in [2.24, 2.45) is 0 Å². The van der Waals surface area contributed by atoms with Gasteiger partial charge in [0, 0.05) is 0 Å². The highest BCUT2D eigenvalue weighted by molar-refractivity contribution is 5.89. The molecule has 1 N–H and O–H groups in total. The Morgan fingerprint density at radius 2 is 2.31 bits per heavy atom. The highest BCUT2D eigenvalue weighted by atomic mass is 19.1. The van der Waals surface area contributed by atoms with Gasteiger partial charge in [-0.25, -0.2) is 9.18 Å². The zero-order valence-electron chi connectivity index (χ0n) is 7.08. The molecule has 1 aromatic carbocycles. The summed E-state index contributed by atoms with van der Waals surface area (Å²) in [6, 6.07) is 4.24. The maximum absolute atomic E-state index is 12.3. The average molecular weight is 184 g/mol. The zero-order valence-corrected chi connectivity index (χ0v) is 7.08. The third-order valence-electron chi connectivity index (χ3n) is 1.69. The number of rotatable bonds is 3. The molecule has 1 aromatic rings. The van der Waals surface area contributed by atoms with E-state index in [1.807, 2.05) is 0 Å². The number of carbonyl (C=O) groups is 1. The van der Waals surface area contributed by atoms with Gasteiger partial charge in [0.05, 0.1) is 12.7 Å². The molecule has 0 heterocycles. The summed E-state index contributed by atoms with van der Waals surface area (Å²) < 4.78 is 17.1. The van der Waals surface area contributed by atoms with E-state index in [0.29, 0.717) is 5.75 Å². The van der Waals surface area contributed by atoms with Crippen LogP contribution in [0.25, 0.3) is 0 Å². The maximum Gasteiger partial charge on any atom is 0.336 e. The van der Waals surface area contributed by atoms with Gasteiger partial charge in [-0.05, 0) is 17.7 Å². The van der Waals surface area contributed by atoms with Crippen molar-refractivity contribution in [3.8, 4) is 5.75 Å². The lowest BCUT2D eigenvalue weighted by Gasteiger charge is -2.04. The lowest BCUT2D eigenvalue weighted by molar-refractivity contribution is 0.0694. The first-order valence-corrected chi connectivity index (χ1v) is 3.65. The Hall–Kier alpha value is -1.58. The molecule has 0 aliphatic carbocycles. The Morgan fingerprint density at radius 3 is 2.77 bits per heavy atom. The van der Waals surface area contributed by atoms with Gasteiger partial charge < -0.3 is 9.84 Å². The van der Waals surface area contributed by atoms with Gasteiger partial charge in [-0.1, -0.05) is 6.07 Å². The predicted octanol–water partition coefficient (Wildman–Crippen LogP) is 1.86. The van der Waals surface area contributed by atoms with Gasteiger partial charge in [0.1, 0.15) is 12.4 Å². The lowest BCUT2D eigenvalue weighted by atomic mass is 10.1. The summed E-state index contributed by atoms with van der Waals surface area (Å²) in [6.45, 7) is -0.786. The number of halogens is 1. The molecule has 0 saturated carbocycles. The number of hydrogen-bond donors (Lipinski definition) is 1. The number of alkyl halides is 1. The number of methoxy groups -OCH3 is 1. The van der Waals surface area contributed by atoms with Gasteiger partial charge in [-0.15, -0.1) is 0 Å². The first kappa shape index (κ1) is 9.51. The third-order valence-corrected chi connectivity index (χ3v) is 1.69. The molecular weight excluding hydrogens is 175 g/mol. The highest BCUT2D eigenvalue weighted by Crippen LogP contribution is 2.18. The second kappa shape index (κ2) is 3.89. The summed E-state index contributed by atoms with van der Waals surface area (Å²) in [6.07, 6.45) is 0. The number of hydrogen-bond acceptors (Lipinski definition) is 2. The smallest absolute Gasteiger partial charge is 0.336 e. The van der Waals surface area contributed by atoms with Crippen molar-refractivity contribution in [1.29, 1.82) is 0 Å². The number of ether oxygens (including phenoxy) is 1. The van der Waals surface area contributed by atoms with Crippen molar-refractivity contribution in [2.45, 2.75) is 6.67 Å². The van der Waals surface area contributed by atoms with E-state index in [-0.39, 0.29) is 11.1 Å². The van der Waals surface area contributed by atoms with Crippen LogP contribution in [0.5, 0.6) is 5.75 Å². The average Bonchev–Trinajstić information content (AvgIpc) is 2.16. The molecule has 0 aliphatic rings. The Labute approximate surface area is 74.8 Å². The normalized spacial score (nSPS) is 9.69. The summed E-state index contributed by atoms with van der Waals surface area (Å²) >= 11 is 0. The summed E-state index contributed by atoms with van der Waals surface area (Å²) in [5.41, 5.74) is 0.107. The van der Waals surface area contributed by atoms with Crippen LogP contribution in [0.2, 0.25) is 0 Å². The van der Waals surface area contributed by atoms with Gasteiger partial charge >= 0.3 is 5.97 Å². The van der Waals surface area contributed by atoms with Crippen LogP contribution in [-0.2, 0) is 6.67 Å². The first-order chi connectivity index (χ1) is 6.19. The van der Waals surface area contributed by atoms with Crippen molar-refractivity contribution < 1.29 is 19.0 Å². The molecule has 0 radical (unpaired) electrons. The van der Waals surface area contributed by atoms with Crippen molar-refractivity contribution in [1.82, 2.24) is 0 Å². The quantitative estimate of drug-likeness (QED) is 0.779. The second-order valence-corrected chi connectivity index (χ2v) is 2.46. The fraction of sp³-hybridized carbons (Fsp3) is 0.222. The number of benzene rings is 1. The Balaban J connectivity index is 3.18. The summed E-state index contributed by atoms with van der Waals surface area (Å²) in [5, 5.41) is 8.69. The first-order valence-electron chi connectivity index (χ1n) is 3.65. The fourth-order valence-corrected chi connectivity index (χ4v) is 0.998. The lowest BCUT2D eigenvalue weighted by Crippen LogP contribution is -2.01. The molecule has 0 bridgehead atoms. The second-order valence-electron chi connectivity index (χ2n) is 2.46. The molecule has 0 fully saturated rings. The molecule has 1 rings (SSSR count). The Kier molecular flexibility index (Phi) is 2.84. The number of aromatic carboxylic acids is 1. The van der Waals surface area contributed by atoms with E-state index in [4.69, 9.17) is 9.84 Å². The Morgan fingerprint density at radius 1 is 1.62 bits per heavy atom. The molecule has 4 heteroatoms. The van der Waals surface area contributed by atoms with E-state index in [0.717, 1.165) is 0 Å². The van der Waals surface area contributed by atoms with E-state index in [1.54, 1.807) is 0 Å². The van der Waals surface area contributed by atoms with Crippen LogP contribution in [0.15, 0.2) is 18.2 Å². The van der Waals surface area contributed by atoms with Crippen LogP contribution < -0.4 is 4.74 Å². The Bertz CT molecular complexity index is 323. The minimum atomic E-state index is -1.15. The molecule has 13 heavy (non-hydrogen) atoms. The standard InChI is InChI=1S/C9H9FO3/c1-13-7-3-2-6(5-10)8(4-7)9(11)12/h2-4H,5H2,1H3,(H,11,12). The van der Waals surface area contributed by atoms with Gasteiger partial charge in [0.25, 0.3) is 0 Å². The minimum Gasteiger partial charge on any atom is -0.497 e. The topological polar surface area (TPSA) is 46.5 Å². The fourth-order valence-electron chi connectivity index (χ4n) is 0.998. The van der Waals surface area contributed by atoms with Crippen LogP contribution in [0.3, 0.4) is 0 Å². The zero-order chi connectivity index (χ0) is 9.84. The molecule has 0 unspecified atom stereocenters. The van der Waals surface area contributed by atoms with E-state index < -0.39 is 12.6 Å². The van der Waals surface area contributed by atoms with E-state index in [9.17, 15) is 9.18 Å². The van der Waals surface area contributed by atoms with Gasteiger partial charge in [-0.2, -0.15) is 0 Å². The summed E-state index contributed by atoms with van der Waals surface area (Å²) in [7, 11) is 1.43. The summed E-state index contributed by atoms with van der Waals surface area (Å²) in [5.74, 6) is -0.735. The van der Waals surface area contributed by atoms with Gasteiger partial charge in [0.15, 0.2) is 0 Å². The van der Waals surface area contributed by atoms with E-state index >= 15 is 0 Å². The van der Waals surface area contributed by atoms with Crippen molar-refractivity contribution >= 4 is 5.97 Å². The third kappa shape index (κ3) is 1.96. The molecule has 0 aromatic heterocycles. The molecule has 0 amide bonds. The molecule has 0 saturated heterocycles. The number of carboxylic acid groups (broad SMARTS) is 1. The highest BCUT2D eigenvalue weighted by Gasteiger charge is 2.10. The molecular formula is C9H9FO3. The SMILES string of the molecule is COc1ccc(CF)c(C(=O)O)c1. The summed E-state index contributed by atoms with van der Waals surface area (Å²) in [4.78, 5) is 10.6. The van der Waals surface area contributed by atoms with Crippen LogP contribution in [-0.4, -0.2) is 18.2 Å². The van der Waals surface area contributed by atoms with Gasteiger partial charge in [0.2, 0.25) is 0 Å². The van der Waals surface area contributed by atoms with Crippen molar-refractivity contribution in [3.05, 3.63) is 29.3 Å². The molecule has 0 atom stereocenters. The monoisotopic (exact) mass is 184 g/mol. The maximum atomic E-state index is 12.3. The molecule has 70 valence electrons. The van der Waals surface area contributed by atoms with Crippen LogP contribution in [0.4, 0.5) is 4.39 Å². The van der Waals surface area contributed by atoms with Crippen LogP contribution in [0.1, 0.15) is 15.9 Å². The van der Waals surface area contributed by atoms with Crippen molar-refractivity contribution in [2.75, 3.05) is 7.11 Å². The van der Waals surface area contributed by atoms with Crippen LogP contribution in [0, 0.1) is 0 Å². The molecule has 0 aliphatic heterocycles. The predicted molar refractivity (Wildman–Crippen MR) is 44.8 cm³/mol. The molecule has 3 nitrogen and oxygen atoms in total.